The lowest BCUT2D eigenvalue weighted by Gasteiger charge is -2.24. The molecule has 0 aliphatic carbocycles. The Balaban J connectivity index is 2.24. The van der Waals surface area contributed by atoms with E-state index >= 15 is 0 Å². The van der Waals surface area contributed by atoms with E-state index in [2.05, 4.69) is 15.1 Å². The minimum atomic E-state index is -4.98. The smallest absolute Gasteiger partial charge is 0.418 e. The molecular weight excluding hydrogens is 422 g/mol. The van der Waals surface area contributed by atoms with E-state index in [1.807, 2.05) is 0 Å². The molecule has 2 aromatic heterocycles. The van der Waals surface area contributed by atoms with Gasteiger partial charge in [-0.25, -0.2) is 13.7 Å². The molecule has 0 aliphatic rings. The highest BCUT2D eigenvalue weighted by Gasteiger charge is 2.41. The molecule has 0 N–H and O–H groups in total. The van der Waals surface area contributed by atoms with Crippen molar-refractivity contribution < 1.29 is 35.5 Å². The van der Waals surface area contributed by atoms with E-state index in [9.17, 15) is 26.0 Å². The van der Waals surface area contributed by atoms with Crippen LogP contribution in [0, 0.1) is 0 Å². The zero-order chi connectivity index (χ0) is 21.4. The number of nitrogens with zero attached hydrogens (tertiary/aromatic N) is 5. The maximum atomic E-state index is 13.8. The predicted molar refractivity (Wildman–Crippen MR) is 91.0 cm³/mol. The number of halogens is 4. The number of benzene rings is 1. The molecule has 3 aromatic rings. The normalized spacial score (nSPS) is 12.2. The fourth-order valence-electron chi connectivity index (χ4n) is 2.53. The Labute approximate surface area is 161 Å². The average Bonchev–Trinajstić information content (AvgIpc) is 3.13. The molecule has 0 unspecified atom stereocenters. The van der Waals surface area contributed by atoms with E-state index in [0.29, 0.717) is 6.07 Å². The van der Waals surface area contributed by atoms with Gasteiger partial charge in [0.05, 0.1) is 19.8 Å². The van der Waals surface area contributed by atoms with Crippen LogP contribution in [0.3, 0.4) is 0 Å². The van der Waals surface area contributed by atoms with Crippen molar-refractivity contribution in [1.82, 2.24) is 19.6 Å². The first-order valence-electron chi connectivity index (χ1n) is 7.73. The minimum absolute atomic E-state index is 0.0593. The van der Waals surface area contributed by atoms with Crippen molar-refractivity contribution in [3.8, 4) is 11.6 Å². The summed E-state index contributed by atoms with van der Waals surface area (Å²) in [6.45, 7) is -1.83. The largest absolute Gasteiger partial charge is 0.495 e. The van der Waals surface area contributed by atoms with Crippen molar-refractivity contribution in [2.75, 3.05) is 25.3 Å². The van der Waals surface area contributed by atoms with Crippen LogP contribution in [0.15, 0.2) is 35.6 Å². The van der Waals surface area contributed by atoms with Gasteiger partial charge in [-0.15, -0.1) is 5.10 Å². The summed E-state index contributed by atoms with van der Waals surface area (Å²) in [5, 5.41) is 2.73. The molecule has 0 saturated heterocycles. The summed E-state index contributed by atoms with van der Waals surface area (Å²) in [7, 11) is -2.66. The Morgan fingerprint density at radius 3 is 2.48 bits per heavy atom. The molecule has 0 spiro atoms. The van der Waals surface area contributed by atoms with Crippen LogP contribution < -0.4 is 13.8 Å². The number of para-hydroxylation sites is 1. The lowest BCUT2D eigenvalue weighted by atomic mass is 10.1. The van der Waals surface area contributed by atoms with Crippen LogP contribution in [0.2, 0.25) is 0 Å². The molecule has 1 aromatic carbocycles. The maximum absolute atomic E-state index is 13.8. The molecule has 0 atom stereocenters. The summed E-state index contributed by atoms with van der Waals surface area (Å²) in [5.41, 5.74) is -2.43. The highest BCUT2D eigenvalue weighted by Crippen LogP contribution is 2.43. The number of alkyl halides is 4. The highest BCUT2D eigenvalue weighted by atomic mass is 32.2. The molecule has 0 bridgehead atoms. The lowest BCUT2D eigenvalue weighted by molar-refractivity contribution is -0.137. The number of hydrogen-bond acceptors (Lipinski definition) is 7. The summed E-state index contributed by atoms with van der Waals surface area (Å²) >= 11 is 0. The monoisotopic (exact) mass is 435 g/mol. The average molecular weight is 435 g/mol. The van der Waals surface area contributed by atoms with Crippen molar-refractivity contribution in [1.29, 1.82) is 0 Å². The summed E-state index contributed by atoms with van der Waals surface area (Å²) in [6.07, 6.45) is -3.72. The Kier molecular flexibility index (Phi) is 5.21. The van der Waals surface area contributed by atoms with Gasteiger partial charge < -0.3 is 9.47 Å². The maximum Gasteiger partial charge on any atom is 0.418 e. The summed E-state index contributed by atoms with van der Waals surface area (Å²) < 4.78 is 90.7. The number of sulfonamides is 1. The van der Waals surface area contributed by atoms with Gasteiger partial charge in [-0.05, 0) is 12.1 Å². The van der Waals surface area contributed by atoms with E-state index in [-0.39, 0.29) is 16.0 Å². The molecule has 14 heteroatoms. The van der Waals surface area contributed by atoms with Crippen LogP contribution in [0.1, 0.15) is 5.56 Å². The standard InChI is InChI=1S/C15H13F4N5O4S/c1-27-10-5-3-4-9(15(17,18)19)12(10)23(8-16)29(25,26)14-21-13-20-7-6-11(28-2)24(13)22-14/h3-7H,8H2,1-2H3. The van der Waals surface area contributed by atoms with Crippen LogP contribution in [-0.2, 0) is 16.2 Å². The quantitative estimate of drug-likeness (QED) is 0.433. The van der Waals surface area contributed by atoms with Gasteiger partial charge in [0.1, 0.15) is 11.4 Å². The van der Waals surface area contributed by atoms with Crippen molar-refractivity contribution >= 4 is 21.5 Å². The third-order valence-electron chi connectivity index (χ3n) is 3.80. The molecule has 2 heterocycles. The van der Waals surface area contributed by atoms with E-state index in [1.54, 1.807) is 0 Å². The van der Waals surface area contributed by atoms with Crippen LogP contribution in [0.5, 0.6) is 11.6 Å². The van der Waals surface area contributed by atoms with Gasteiger partial charge in [-0.3, -0.25) is 0 Å². The number of hydrogen-bond donors (Lipinski definition) is 0. The molecule has 0 aliphatic heterocycles. The zero-order valence-corrected chi connectivity index (χ0v) is 15.7. The van der Waals surface area contributed by atoms with Crippen molar-refractivity contribution in [2.24, 2.45) is 0 Å². The second kappa shape index (κ2) is 7.35. The van der Waals surface area contributed by atoms with Crippen LogP contribution >= 0.6 is 0 Å². The molecule has 0 fully saturated rings. The molecule has 0 saturated carbocycles. The fourth-order valence-corrected chi connectivity index (χ4v) is 3.67. The van der Waals surface area contributed by atoms with Gasteiger partial charge in [0.15, 0.2) is 6.80 Å². The van der Waals surface area contributed by atoms with E-state index in [0.717, 1.165) is 23.8 Å². The SMILES string of the molecule is COc1cccc(C(F)(F)F)c1N(CF)S(=O)(=O)c1nc2nccc(OC)n2n1. The van der Waals surface area contributed by atoms with Gasteiger partial charge in [-0.2, -0.15) is 31.1 Å². The number of rotatable bonds is 6. The van der Waals surface area contributed by atoms with Crippen molar-refractivity contribution in [3.63, 3.8) is 0 Å². The van der Waals surface area contributed by atoms with Crippen molar-refractivity contribution in [3.05, 3.63) is 36.0 Å². The first-order valence-corrected chi connectivity index (χ1v) is 9.17. The first kappa shape index (κ1) is 20.6. The van der Waals surface area contributed by atoms with Crippen LogP contribution in [0.4, 0.5) is 23.2 Å². The van der Waals surface area contributed by atoms with Gasteiger partial charge in [0.25, 0.3) is 10.9 Å². The zero-order valence-electron chi connectivity index (χ0n) is 14.9. The first-order chi connectivity index (χ1) is 13.6. The summed E-state index contributed by atoms with van der Waals surface area (Å²) in [4.78, 5) is 7.48. The molecule has 3 rings (SSSR count). The molecule has 9 nitrogen and oxygen atoms in total. The van der Waals surface area contributed by atoms with Crippen LogP contribution in [-0.4, -0.2) is 49.0 Å². The van der Waals surface area contributed by atoms with Gasteiger partial charge in [0.2, 0.25) is 5.88 Å². The second-order valence-electron chi connectivity index (χ2n) is 5.42. The lowest BCUT2D eigenvalue weighted by Crippen LogP contribution is -2.33. The van der Waals surface area contributed by atoms with Crippen LogP contribution in [0.25, 0.3) is 5.78 Å². The van der Waals surface area contributed by atoms with E-state index < -0.39 is 45.2 Å². The Hall–Kier alpha value is -3.16. The molecule has 0 radical (unpaired) electrons. The van der Waals surface area contributed by atoms with E-state index in [1.165, 1.54) is 19.4 Å². The predicted octanol–water partition coefficient (Wildman–Crippen LogP) is 2.28. The van der Waals surface area contributed by atoms with Gasteiger partial charge in [0, 0.05) is 12.3 Å². The van der Waals surface area contributed by atoms with Crippen molar-refractivity contribution in [2.45, 2.75) is 11.3 Å². The number of aromatic nitrogens is 4. The van der Waals surface area contributed by atoms with Gasteiger partial charge in [-0.1, -0.05) is 6.07 Å². The third-order valence-corrected chi connectivity index (χ3v) is 5.29. The highest BCUT2D eigenvalue weighted by molar-refractivity contribution is 7.92. The van der Waals surface area contributed by atoms with Gasteiger partial charge >= 0.3 is 16.2 Å². The molecular formula is C15H13F4N5O4S. The Bertz CT molecular complexity index is 1150. The topological polar surface area (TPSA) is 98.9 Å². The third kappa shape index (κ3) is 3.50. The minimum Gasteiger partial charge on any atom is -0.495 e. The van der Waals surface area contributed by atoms with E-state index in [4.69, 9.17) is 9.47 Å². The molecule has 0 amide bonds. The fraction of sp³-hybridized carbons (Fsp3) is 0.267. The number of ether oxygens (including phenoxy) is 2. The summed E-state index contributed by atoms with van der Waals surface area (Å²) in [5.74, 6) is -0.651. The number of fused-ring (bicyclic) bond motifs is 1. The molecule has 29 heavy (non-hydrogen) atoms. The Morgan fingerprint density at radius 1 is 1.17 bits per heavy atom. The number of anilines is 1. The number of methoxy groups -OCH3 is 2. The Morgan fingerprint density at radius 2 is 1.90 bits per heavy atom. The molecule has 156 valence electrons. The second-order valence-corrected chi connectivity index (χ2v) is 7.18. The summed E-state index contributed by atoms with van der Waals surface area (Å²) in [6, 6.07) is 4.04.